The molecule has 2 aromatic heterocycles. The second-order valence-electron chi connectivity index (χ2n) is 5.23. The van der Waals surface area contributed by atoms with E-state index in [4.69, 9.17) is 68.6 Å². The maximum Gasteiger partial charge on any atom is 0.466 e. The van der Waals surface area contributed by atoms with Crippen molar-refractivity contribution in [3.63, 3.8) is 0 Å². The van der Waals surface area contributed by atoms with E-state index in [2.05, 4.69) is 15.0 Å². The van der Waals surface area contributed by atoms with E-state index in [-0.39, 0.29) is 18.1 Å². The van der Waals surface area contributed by atoms with Gasteiger partial charge in [0.05, 0.1) is 19.0 Å². The van der Waals surface area contributed by atoms with Crippen molar-refractivity contribution in [3.8, 4) is 0 Å². The van der Waals surface area contributed by atoms with Crippen molar-refractivity contribution in [3.05, 3.63) is 16.7 Å². The number of aromatic nitrogens is 4. The number of nitrogens with zero attached hydrogens (tertiary/aromatic N) is 3. The Bertz CT molecular complexity index is 949. The summed E-state index contributed by atoms with van der Waals surface area (Å²) in [4.78, 5) is 86.4. The molecule has 0 spiro atoms. The first-order valence-electron chi connectivity index (χ1n) is 7.46. The second kappa shape index (κ2) is 13.8. The van der Waals surface area contributed by atoms with E-state index in [0.29, 0.717) is 18.6 Å². The molecule has 188 valence electrons. The predicted octanol–water partition coefficient (Wildman–Crippen LogP) is -4.34. The van der Waals surface area contributed by atoms with Gasteiger partial charge < -0.3 is 64.6 Å². The van der Waals surface area contributed by atoms with Crippen LogP contribution in [0.25, 0.3) is 11.2 Å². The molecular weight excluding hydrogens is 511 g/mol. The summed E-state index contributed by atoms with van der Waals surface area (Å²) >= 11 is 0. The molecule has 23 heteroatoms. The molecule has 0 fully saturated rings. The lowest BCUT2D eigenvalue weighted by atomic mass is 10.3. The standard InChI is InChI=1S/C9H13N5O3.3H3O4P/c10-9-12-7-6(8(17)13-9)11-4-14(7)2-1-5(16)3-15;3*1-5(2,3)4/h4-5,15-16H,1-3H2,(H3,10,12,13,17);3*(H3,1,2,3,4)/t5-;;;/m1.../s1. The highest BCUT2D eigenvalue weighted by Crippen LogP contribution is 2.26. The number of nitrogens with one attached hydrogen (secondary N) is 1. The van der Waals surface area contributed by atoms with E-state index in [0.717, 1.165) is 0 Å². The molecule has 20 nitrogen and oxygen atoms in total. The molecule has 0 radical (unpaired) electrons. The zero-order valence-electron chi connectivity index (χ0n) is 15.6. The average molecular weight is 533 g/mol. The van der Waals surface area contributed by atoms with Gasteiger partial charge >= 0.3 is 23.5 Å². The number of nitrogen functional groups attached to an aromatic ring is 1. The fourth-order valence-corrected chi connectivity index (χ4v) is 1.51. The summed E-state index contributed by atoms with van der Waals surface area (Å²) in [5.74, 6) is 0.0203. The second-order valence-corrected chi connectivity index (χ2v) is 8.31. The van der Waals surface area contributed by atoms with Crippen LogP contribution in [-0.2, 0) is 20.2 Å². The van der Waals surface area contributed by atoms with Gasteiger partial charge in [-0.25, -0.2) is 18.7 Å². The van der Waals surface area contributed by atoms with E-state index in [1.807, 2.05) is 0 Å². The number of hydrogen-bond donors (Lipinski definition) is 13. The fraction of sp³-hybridized carbons (Fsp3) is 0.444. The molecule has 0 saturated heterocycles. The molecule has 0 amide bonds. The number of imidazole rings is 1. The van der Waals surface area contributed by atoms with Crippen LogP contribution in [0.1, 0.15) is 6.42 Å². The number of nitrogens with two attached hydrogens (primary N) is 1. The van der Waals surface area contributed by atoms with Crippen LogP contribution in [0.2, 0.25) is 0 Å². The number of anilines is 1. The summed E-state index contributed by atoms with van der Waals surface area (Å²) in [5, 5.41) is 17.9. The average Bonchev–Trinajstić information content (AvgIpc) is 2.91. The molecule has 0 saturated carbocycles. The van der Waals surface area contributed by atoms with Crippen LogP contribution >= 0.6 is 23.5 Å². The van der Waals surface area contributed by atoms with Gasteiger partial charge in [0, 0.05) is 6.54 Å². The number of hydrogen-bond acceptors (Lipinski definition) is 9. The third-order valence-electron chi connectivity index (χ3n) is 2.41. The summed E-state index contributed by atoms with van der Waals surface area (Å²) in [6.07, 6.45) is 0.999. The molecule has 0 aromatic carbocycles. The molecule has 1 atom stereocenters. The SMILES string of the molecule is Nc1nc2c(ncn2CC[C@@H](O)CO)c(=O)[nH]1.O=P(O)(O)O.O=P(O)(O)O.O=P(O)(O)O. The number of aromatic amines is 1. The fourth-order valence-electron chi connectivity index (χ4n) is 1.51. The molecule has 0 aliphatic carbocycles. The number of phosphoric acid groups is 3. The van der Waals surface area contributed by atoms with Gasteiger partial charge in [-0.3, -0.25) is 9.78 Å². The molecule has 32 heavy (non-hydrogen) atoms. The zero-order chi connectivity index (χ0) is 25.9. The van der Waals surface area contributed by atoms with Crippen molar-refractivity contribution in [1.29, 1.82) is 0 Å². The molecule has 0 aliphatic heterocycles. The molecular formula is C9H22N5O15P3. The summed E-state index contributed by atoms with van der Waals surface area (Å²) in [7, 11) is -13.9. The first kappa shape index (κ1) is 32.6. The van der Waals surface area contributed by atoms with Crippen LogP contribution in [0, 0.1) is 0 Å². The van der Waals surface area contributed by atoms with Gasteiger partial charge in [-0.2, -0.15) is 4.98 Å². The lowest BCUT2D eigenvalue weighted by molar-refractivity contribution is 0.0848. The van der Waals surface area contributed by atoms with Crippen molar-refractivity contribution in [2.45, 2.75) is 19.1 Å². The lowest BCUT2D eigenvalue weighted by Crippen LogP contribution is -2.16. The maximum atomic E-state index is 11.5. The summed E-state index contributed by atoms with van der Waals surface area (Å²) in [6, 6.07) is 0. The number of aliphatic hydroxyl groups is 2. The van der Waals surface area contributed by atoms with Gasteiger partial charge in [-0.1, -0.05) is 0 Å². The van der Waals surface area contributed by atoms with Crippen LogP contribution < -0.4 is 11.3 Å². The number of rotatable bonds is 4. The van der Waals surface area contributed by atoms with E-state index < -0.39 is 35.1 Å². The minimum Gasteiger partial charge on any atom is -0.394 e. The minimum atomic E-state index is -4.64. The first-order chi connectivity index (χ1) is 14.1. The highest BCUT2D eigenvalue weighted by molar-refractivity contribution is 7.45. The molecule has 2 aromatic rings. The Balaban J connectivity index is 0. The summed E-state index contributed by atoms with van der Waals surface area (Å²) < 4.78 is 28.3. The molecule has 2 heterocycles. The van der Waals surface area contributed by atoms with Crippen LogP contribution in [0.3, 0.4) is 0 Å². The largest absolute Gasteiger partial charge is 0.466 e. The van der Waals surface area contributed by atoms with Crippen LogP contribution in [0.5, 0.6) is 0 Å². The number of H-pyrrole nitrogens is 1. The summed E-state index contributed by atoms with van der Waals surface area (Å²) in [6.45, 7) is 0.0941. The zero-order valence-corrected chi connectivity index (χ0v) is 18.3. The van der Waals surface area contributed by atoms with Gasteiger partial charge in [0.15, 0.2) is 11.2 Å². The molecule has 0 unspecified atom stereocenters. The monoisotopic (exact) mass is 533 g/mol. The van der Waals surface area contributed by atoms with E-state index in [9.17, 15) is 9.90 Å². The van der Waals surface area contributed by atoms with E-state index in [1.165, 1.54) is 6.33 Å². The van der Waals surface area contributed by atoms with Crippen LogP contribution in [-0.4, -0.2) is 86.5 Å². The Labute approximate surface area is 177 Å². The third kappa shape index (κ3) is 23.1. The molecule has 0 bridgehead atoms. The smallest absolute Gasteiger partial charge is 0.394 e. The van der Waals surface area contributed by atoms with Crippen molar-refractivity contribution >= 4 is 40.6 Å². The Morgan fingerprint density at radius 2 is 1.38 bits per heavy atom. The van der Waals surface area contributed by atoms with Gasteiger partial charge in [0.1, 0.15) is 0 Å². The predicted molar refractivity (Wildman–Crippen MR) is 103 cm³/mol. The van der Waals surface area contributed by atoms with Crippen LogP contribution in [0.15, 0.2) is 11.1 Å². The number of fused-ring (bicyclic) bond motifs is 1. The van der Waals surface area contributed by atoms with Crippen molar-refractivity contribution in [2.24, 2.45) is 0 Å². The van der Waals surface area contributed by atoms with Gasteiger partial charge in [-0.15, -0.1) is 0 Å². The quantitative estimate of drug-likeness (QED) is 0.165. The Kier molecular flexibility index (Phi) is 14.1. The Morgan fingerprint density at radius 3 is 1.75 bits per heavy atom. The topological polar surface area (TPSA) is 363 Å². The first-order valence-corrected chi connectivity index (χ1v) is 12.2. The maximum absolute atomic E-state index is 11.5. The Morgan fingerprint density at radius 1 is 0.969 bits per heavy atom. The number of aliphatic hydroxyl groups excluding tert-OH is 2. The highest BCUT2D eigenvalue weighted by Gasteiger charge is 2.10. The van der Waals surface area contributed by atoms with Crippen molar-refractivity contribution in [1.82, 2.24) is 19.5 Å². The lowest BCUT2D eigenvalue weighted by Gasteiger charge is -2.07. The Hall–Kier alpha value is -1.60. The van der Waals surface area contributed by atoms with Gasteiger partial charge in [0.25, 0.3) is 5.56 Å². The minimum absolute atomic E-state index is 0.0203. The van der Waals surface area contributed by atoms with Crippen molar-refractivity contribution in [2.75, 3.05) is 12.3 Å². The normalized spacial score (nSPS) is 12.5. The van der Waals surface area contributed by atoms with Crippen LogP contribution in [0.4, 0.5) is 5.95 Å². The van der Waals surface area contributed by atoms with E-state index >= 15 is 0 Å². The van der Waals surface area contributed by atoms with Crippen molar-refractivity contribution < 1.29 is 67.9 Å². The van der Waals surface area contributed by atoms with Gasteiger partial charge in [0.2, 0.25) is 5.95 Å². The van der Waals surface area contributed by atoms with Gasteiger partial charge in [-0.05, 0) is 6.42 Å². The summed E-state index contributed by atoms with van der Waals surface area (Å²) in [5.41, 5.74) is 5.62. The van der Waals surface area contributed by atoms with E-state index in [1.54, 1.807) is 4.57 Å². The highest BCUT2D eigenvalue weighted by atomic mass is 31.2. The molecule has 2 rings (SSSR count). The third-order valence-corrected chi connectivity index (χ3v) is 2.41. The molecule has 14 N–H and O–H groups in total. The molecule has 0 aliphatic rings. The number of aryl methyl sites for hydroxylation is 1.